The first-order chi connectivity index (χ1) is 10.1. The number of fused-ring (bicyclic) bond motifs is 1. The van der Waals surface area contributed by atoms with Crippen molar-refractivity contribution in [3.63, 3.8) is 0 Å². The van der Waals surface area contributed by atoms with Crippen molar-refractivity contribution in [2.75, 3.05) is 11.5 Å². The lowest BCUT2D eigenvalue weighted by Crippen LogP contribution is -2.21. The van der Waals surface area contributed by atoms with Gasteiger partial charge in [0.1, 0.15) is 0 Å². The molecular weight excluding hydrogens is 308 g/mol. The molecule has 0 bridgehead atoms. The van der Waals surface area contributed by atoms with Gasteiger partial charge in [0.25, 0.3) is 0 Å². The lowest BCUT2D eigenvalue weighted by Gasteiger charge is -2.04. The van der Waals surface area contributed by atoms with Gasteiger partial charge in [0, 0.05) is 22.5 Å². The molecule has 0 atom stereocenters. The maximum atomic E-state index is 12.1. The van der Waals surface area contributed by atoms with Gasteiger partial charge in [-0.1, -0.05) is 17.7 Å². The van der Waals surface area contributed by atoms with Crippen LogP contribution >= 0.6 is 23.4 Å². The van der Waals surface area contributed by atoms with E-state index in [1.165, 1.54) is 9.08 Å². The van der Waals surface area contributed by atoms with Gasteiger partial charge in [0.2, 0.25) is 0 Å². The largest absolute Gasteiger partial charge is 0.399 e. The highest BCUT2D eigenvalue weighted by atomic mass is 35.5. The molecule has 3 rings (SSSR count). The van der Waals surface area contributed by atoms with Crippen LogP contribution in [0.1, 0.15) is 0 Å². The standard InChI is InChI=1S/C14H13ClN4OS/c15-11-5-4-10(16)9-12(11)21-8-7-19-14(20)18-6-2-1-3-13(18)17-19/h1-6,9H,7-8,16H2. The van der Waals surface area contributed by atoms with Crippen LogP contribution in [0.25, 0.3) is 5.65 Å². The topological polar surface area (TPSA) is 65.3 Å². The molecule has 0 aliphatic carbocycles. The number of rotatable bonds is 4. The molecule has 0 aliphatic rings. The van der Waals surface area contributed by atoms with E-state index < -0.39 is 0 Å². The summed E-state index contributed by atoms with van der Waals surface area (Å²) < 4.78 is 2.99. The molecule has 2 N–H and O–H groups in total. The van der Waals surface area contributed by atoms with E-state index in [4.69, 9.17) is 17.3 Å². The van der Waals surface area contributed by atoms with Crippen molar-refractivity contribution in [3.8, 4) is 0 Å². The van der Waals surface area contributed by atoms with Crippen LogP contribution in [0, 0.1) is 0 Å². The van der Waals surface area contributed by atoms with Crippen molar-refractivity contribution in [1.82, 2.24) is 14.2 Å². The van der Waals surface area contributed by atoms with Gasteiger partial charge in [-0.05, 0) is 30.3 Å². The summed E-state index contributed by atoms with van der Waals surface area (Å²) in [5, 5.41) is 4.94. The molecule has 108 valence electrons. The SMILES string of the molecule is Nc1ccc(Cl)c(SCCn2nc3ccccn3c2=O)c1. The Kier molecular flexibility index (Phi) is 3.90. The Bertz CT molecular complexity index is 842. The van der Waals surface area contributed by atoms with Crippen LogP contribution in [-0.4, -0.2) is 19.9 Å². The third-order valence-corrected chi connectivity index (χ3v) is 4.48. The molecule has 0 radical (unpaired) electrons. The lowest BCUT2D eigenvalue weighted by atomic mass is 10.3. The number of nitrogens with zero attached hydrogens (tertiary/aromatic N) is 3. The van der Waals surface area contributed by atoms with Gasteiger partial charge in [-0.15, -0.1) is 16.9 Å². The molecule has 0 unspecified atom stereocenters. The maximum absolute atomic E-state index is 12.1. The van der Waals surface area contributed by atoms with Crippen molar-refractivity contribution in [2.24, 2.45) is 0 Å². The summed E-state index contributed by atoms with van der Waals surface area (Å²) in [5.74, 6) is 0.687. The van der Waals surface area contributed by atoms with Crippen molar-refractivity contribution >= 4 is 34.7 Å². The van der Waals surface area contributed by atoms with E-state index >= 15 is 0 Å². The Morgan fingerprint density at radius 2 is 2.14 bits per heavy atom. The fourth-order valence-electron chi connectivity index (χ4n) is 1.99. The zero-order valence-corrected chi connectivity index (χ0v) is 12.6. The van der Waals surface area contributed by atoms with E-state index in [1.807, 2.05) is 18.2 Å². The summed E-state index contributed by atoms with van der Waals surface area (Å²) in [6, 6.07) is 10.8. The molecule has 5 nitrogen and oxygen atoms in total. The lowest BCUT2D eigenvalue weighted by molar-refractivity contribution is 0.640. The van der Waals surface area contributed by atoms with Gasteiger partial charge in [-0.2, -0.15) is 0 Å². The van der Waals surface area contributed by atoms with Crippen molar-refractivity contribution in [1.29, 1.82) is 0 Å². The molecule has 0 spiro atoms. The predicted octanol–water partition coefficient (Wildman–Crippen LogP) is 2.52. The second-order valence-electron chi connectivity index (χ2n) is 4.47. The number of nitrogens with two attached hydrogens (primary N) is 1. The maximum Gasteiger partial charge on any atom is 0.350 e. The molecule has 0 aliphatic heterocycles. The summed E-state index contributed by atoms with van der Waals surface area (Å²) in [7, 11) is 0. The summed E-state index contributed by atoms with van der Waals surface area (Å²) in [4.78, 5) is 13.0. The van der Waals surface area contributed by atoms with Gasteiger partial charge in [-0.3, -0.25) is 4.40 Å². The van der Waals surface area contributed by atoms with Gasteiger partial charge in [0.15, 0.2) is 5.65 Å². The first-order valence-electron chi connectivity index (χ1n) is 6.37. The molecule has 2 aromatic heterocycles. The Hall–Kier alpha value is -1.92. The number of anilines is 1. The first kappa shape index (κ1) is 14.0. The highest BCUT2D eigenvalue weighted by Crippen LogP contribution is 2.28. The summed E-state index contributed by atoms with van der Waals surface area (Å²) in [5.41, 5.74) is 6.93. The van der Waals surface area contributed by atoms with Crippen LogP contribution in [0.3, 0.4) is 0 Å². The Labute approximate surface area is 130 Å². The quantitative estimate of drug-likeness (QED) is 0.592. The van der Waals surface area contributed by atoms with Crippen LogP contribution in [0.5, 0.6) is 0 Å². The summed E-state index contributed by atoms with van der Waals surface area (Å²) >= 11 is 7.66. The van der Waals surface area contributed by atoms with Crippen LogP contribution in [0.15, 0.2) is 52.3 Å². The molecule has 21 heavy (non-hydrogen) atoms. The smallest absolute Gasteiger partial charge is 0.350 e. The van der Waals surface area contributed by atoms with Crippen LogP contribution in [0.4, 0.5) is 5.69 Å². The minimum atomic E-state index is -0.134. The van der Waals surface area contributed by atoms with Gasteiger partial charge in [-0.25, -0.2) is 9.48 Å². The van der Waals surface area contributed by atoms with Gasteiger partial charge in [0.05, 0.1) is 11.6 Å². The number of halogens is 1. The second-order valence-corrected chi connectivity index (χ2v) is 6.02. The third kappa shape index (κ3) is 2.91. The average molecular weight is 321 g/mol. The highest BCUT2D eigenvalue weighted by molar-refractivity contribution is 7.99. The molecular formula is C14H13ClN4OS. The summed E-state index contributed by atoms with van der Waals surface area (Å²) in [6.07, 6.45) is 1.71. The second kappa shape index (κ2) is 5.83. The number of aromatic nitrogens is 3. The molecule has 0 amide bonds. The van der Waals surface area contributed by atoms with E-state index in [0.717, 1.165) is 4.90 Å². The Balaban J connectivity index is 1.74. The predicted molar refractivity (Wildman–Crippen MR) is 86.0 cm³/mol. The number of thioether (sulfide) groups is 1. The minimum absolute atomic E-state index is 0.134. The number of pyridine rings is 1. The highest BCUT2D eigenvalue weighted by Gasteiger charge is 2.07. The molecule has 0 saturated heterocycles. The van der Waals surface area contributed by atoms with E-state index in [0.29, 0.717) is 28.7 Å². The Morgan fingerprint density at radius 3 is 2.95 bits per heavy atom. The molecule has 2 heterocycles. The normalized spacial score (nSPS) is 11.1. The van der Waals surface area contributed by atoms with E-state index in [-0.39, 0.29) is 5.69 Å². The van der Waals surface area contributed by atoms with Crippen molar-refractivity contribution in [2.45, 2.75) is 11.4 Å². The van der Waals surface area contributed by atoms with Gasteiger partial charge >= 0.3 is 5.69 Å². The third-order valence-electron chi connectivity index (χ3n) is 3.00. The monoisotopic (exact) mass is 320 g/mol. The fourth-order valence-corrected chi connectivity index (χ4v) is 3.18. The summed E-state index contributed by atoms with van der Waals surface area (Å²) in [6.45, 7) is 0.510. The Morgan fingerprint density at radius 1 is 1.29 bits per heavy atom. The number of benzene rings is 1. The van der Waals surface area contributed by atoms with E-state index in [1.54, 1.807) is 36.2 Å². The zero-order valence-electron chi connectivity index (χ0n) is 11.1. The molecule has 0 fully saturated rings. The molecule has 1 aromatic carbocycles. The number of nitrogen functional groups attached to an aromatic ring is 1. The van der Waals surface area contributed by atoms with Crippen LogP contribution in [-0.2, 0) is 6.54 Å². The number of aryl methyl sites for hydroxylation is 1. The van der Waals surface area contributed by atoms with Crippen molar-refractivity contribution < 1.29 is 0 Å². The number of hydrogen-bond donors (Lipinski definition) is 1. The van der Waals surface area contributed by atoms with Crippen LogP contribution < -0.4 is 11.4 Å². The van der Waals surface area contributed by atoms with Crippen molar-refractivity contribution in [3.05, 3.63) is 58.1 Å². The zero-order chi connectivity index (χ0) is 14.8. The first-order valence-corrected chi connectivity index (χ1v) is 7.73. The molecule has 3 aromatic rings. The van der Waals surface area contributed by atoms with Gasteiger partial charge < -0.3 is 5.73 Å². The van der Waals surface area contributed by atoms with Crippen LogP contribution in [0.2, 0.25) is 5.02 Å². The molecule has 0 saturated carbocycles. The fraction of sp³-hybridized carbons (Fsp3) is 0.143. The van der Waals surface area contributed by atoms with E-state index in [2.05, 4.69) is 5.10 Å². The van der Waals surface area contributed by atoms with E-state index in [9.17, 15) is 4.79 Å². The number of hydrogen-bond acceptors (Lipinski definition) is 4. The molecule has 7 heteroatoms. The average Bonchev–Trinajstić information content (AvgIpc) is 2.80. The minimum Gasteiger partial charge on any atom is -0.399 e.